The minimum absolute atomic E-state index is 0.310. The molecule has 0 atom stereocenters. The van der Waals surface area contributed by atoms with E-state index in [4.69, 9.17) is 14.2 Å². The maximum atomic E-state index is 12.6. The molecular formula is C24H27N3O5S. The van der Waals surface area contributed by atoms with Gasteiger partial charge in [-0.15, -0.1) is 0 Å². The molecule has 2 aromatic heterocycles. The molecule has 1 aliphatic carbocycles. The lowest BCUT2D eigenvalue weighted by molar-refractivity contribution is 0.0530. The molecule has 174 valence electrons. The zero-order valence-electron chi connectivity index (χ0n) is 19.4. The quantitative estimate of drug-likeness (QED) is 0.492. The van der Waals surface area contributed by atoms with Gasteiger partial charge in [-0.3, -0.25) is 10.00 Å². The van der Waals surface area contributed by atoms with Crippen LogP contribution in [-0.2, 0) is 29.4 Å². The summed E-state index contributed by atoms with van der Waals surface area (Å²) in [7, 11) is 1.89. The van der Waals surface area contributed by atoms with Gasteiger partial charge >= 0.3 is 12.1 Å². The van der Waals surface area contributed by atoms with E-state index in [1.807, 2.05) is 38.7 Å². The van der Waals surface area contributed by atoms with Crippen LogP contribution in [0.2, 0.25) is 0 Å². The van der Waals surface area contributed by atoms with Gasteiger partial charge in [0, 0.05) is 12.7 Å². The summed E-state index contributed by atoms with van der Waals surface area (Å²) in [6, 6.07) is 6.99. The van der Waals surface area contributed by atoms with Gasteiger partial charge < -0.3 is 14.2 Å². The zero-order valence-corrected chi connectivity index (χ0v) is 20.2. The molecule has 2 heterocycles. The fourth-order valence-electron chi connectivity index (χ4n) is 3.74. The van der Waals surface area contributed by atoms with E-state index in [0.29, 0.717) is 28.0 Å². The van der Waals surface area contributed by atoms with Crippen LogP contribution in [0.3, 0.4) is 0 Å². The second kappa shape index (κ2) is 8.90. The van der Waals surface area contributed by atoms with E-state index in [-0.39, 0.29) is 5.97 Å². The molecule has 1 N–H and O–H groups in total. The van der Waals surface area contributed by atoms with Crippen molar-refractivity contribution in [3.05, 3.63) is 46.5 Å². The molecule has 0 aliphatic heterocycles. The number of amides is 1. The SMILES string of the molecule is CCOC(=O)c1sc(Oc2ccc(NC(=O)OC(C)(C)C)cc2)c2c1CCc1cnn(C)c1-2. The fourth-order valence-corrected chi connectivity index (χ4v) is 4.85. The molecule has 9 heteroatoms. The predicted molar refractivity (Wildman–Crippen MR) is 126 cm³/mol. The molecule has 1 aromatic carbocycles. The summed E-state index contributed by atoms with van der Waals surface area (Å²) >= 11 is 1.29. The number of nitrogens with zero attached hydrogens (tertiary/aromatic N) is 2. The summed E-state index contributed by atoms with van der Waals surface area (Å²) in [6.07, 6.45) is 2.87. The van der Waals surface area contributed by atoms with Crippen molar-refractivity contribution < 1.29 is 23.8 Å². The highest BCUT2D eigenvalue weighted by Crippen LogP contribution is 2.48. The normalized spacial score (nSPS) is 12.5. The monoisotopic (exact) mass is 469 g/mol. The van der Waals surface area contributed by atoms with Crippen LogP contribution in [0.4, 0.5) is 10.5 Å². The van der Waals surface area contributed by atoms with Gasteiger partial charge in [0.1, 0.15) is 16.2 Å². The number of carbonyl (C=O) groups excluding carboxylic acids is 2. The van der Waals surface area contributed by atoms with E-state index in [2.05, 4.69) is 10.4 Å². The van der Waals surface area contributed by atoms with E-state index >= 15 is 0 Å². The van der Waals surface area contributed by atoms with E-state index in [1.165, 1.54) is 11.3 Å². The van der Waals surface area contributed by atoms with Crippen LogP contribution >= 0.6 is 11.3 Å². The Bertz CT molecular complexity index is 1190. The molecule has 3 aromatic rings. The average molecular weight is 470 g/mol. The molecule has 0 saturated carbocycles. The van der Waals surface area contributed by atoms with Crippen LogP contribution < -0.4 is 10.1 Å². The average Bonchev–Trinajstić information content (AvgIpc) is 3.29. The third-order valence-corrected chi connectivity index (χ3v) is 6.13. The summed E-state index contributed by atoms with van der Waals surface area (Å²) in [5, 5.41) is 7.72. The van der Waals surface area contributed by atoms with Crippen LogP contribution in [0, 0.1) is 0 Å². The van der Waals surface area contributed by atoms with Crippen LogP contribution in [-0.4, -0.2) is 34.1 Å². The van der Waals surface area contributed by atoms with E-state index in [1.54, 1.807) is 31.2 Å². The molecule has 1 amide bonds. The summed E-state index contributed by atoms with van der Waals surface area (Å²) < 4.78 is 18.6. The first kappa shape index (κ1) is 22.8. The largest absolute Gasteiger partial charge is 0.462 e. The molecule has 1 aliphatic rings. The predicted octanol–water partition coefficient (Wildman–Crippen LogP) is 5.56. The third-order valence-electron chi connectivity index (χ3n) is 5.04. The molecule has 0 spiro atoms. The number of ether oxygens (including phenoxy) is 3. The Balaban J connectivity index is 1.62. The second-order valence-electron chi connectivity index (χ2n) is 8.69. The van der Waals surface area contributed by atoms with Crippen LogP contribution in [0.25, 0.3) is 11.3 Å². The number of carbonyl (C=O) groups is 2. The number of benzene rings is 1. The molecule has 0 saturated heterocycles. The van der Waals surface area contributed by atoms with Crippen molar-refractivity contribution in [1.29, 1.82) is 0 Å². The topological polar surface area (TPSA) is 91.7 Å². The first-order valence-electron chi connectivity index (χ1n) is 10.8. The van der Waals surface area contributed by atoms with Crippen molar-refractivity contribution in [2.75, 3.05) is 11.9 Å². The summed E-state index contributed by atoms with van der Waals surface area (Å²) in [6.45, 7) is 7.53. The summed E-state index contributed by atoms with van der Waals surface area (Å²) in [5.41, 5.74) is 3.92. The van der Waals surface area contributed by atoms with Crippen molar-refractivity contribution in [2.45, 2.75) is 46.1 Å². The van der Waals surface area contributed by atoms with Crippen molar-refractivity contribution in [1.82, 2.24) is 9.78 Å². The van der Waals surface area contributed by atoms with Crippen LogP contribution in [0.1, 0.15) is 48.5 Å². The van der Waals surface area contributed by atoms with Crippen LogP contribution in [0.15, 0.2) is 30.5 Å². The lowest BCUT2D eigenvalue weighted by Gasteiger charge is -2.19. The lowest BCUT2D eigenvalue weighted by Crippen LogP contribution is -2.27. The maximum absolute atomic E-state index is 12.6. The van der Waals surface area contributed by atoms with Gasteiger partial charge in [0.2, 0.25) is 0 Å². The molecule has 8 nitrogen and oxygen atoms in total. The number of aryl methyl sites for hydroxylation is 2. The number of hydrogen-bond donors (Lipinski definition) is 1. The van der Waals surface area contributed by atoms with Gasteiger partial charge in [-0.25, -0.2) is 9.59 Å². The molecule has 0 radical (unpaired) electrons. The summed E-state index contributed by atoms with van der Waals surface area (Å²) in [4.78, 5) is 25.2. The van der Waals surface area contributed by atoms with Crippen molar-refractivity contribution in [2.24, 2.45) is 7.05 Å². The molecule has 0 bridgehead atoms. The van der Waals surface area contributed by atoms with Crippen LogP contribution in [0.5, 0.6) is 10.8 Å². The number of anilines is 1. The lowest BCUT2D eigenvalue weighted by atomic mass is 9.91. The Morgan fingerprint density at radius 1 is 1.18 bits per heavy atom. The minimum atomic E-state index is -0.577. The highest BCUT2D eigenvalue weighted by Gasteiger charge is 2.32. The van der Waals surface area contributed by atoms with Gasteiger partial charge in [0.15, 0.2) is 5.06 Å². The zero-order chi connectivity index (χ0) is 23.8. The first-order chi connectivity index (χ1) is 15.7. The van der Waals surface area contributed by atoms with Gasteiger partial charge in [0.05, 0.1) is 24.1 Å². The number of thiophene rings is 1. The molecule has 33 heavy (non-hydrogen) atoms. The standard InChI is InChI=1S/C24H27N3O5S/c1-6-30-21(28)20-17-12-7-14-13-25-27(5)19(14)18(17)22(33-20)31-16-10-8-15(9-11-16)26-23(29)32-24(2,3)4/h8-11,13H,6-7,12H2,1-5H3,(H,26,29). The van der Waals surface area contributed by atoms with Crippen molar-refractivity contribution in [3.8, 4) is 22.1 Å². The number of hydrogen-bond acceptors (Lipinski definition) is 7. The molecular weight excluding hydrogens is 442 g/mol. The number of esters is 1. The Kier molecular flexibility index (Phi) is 6.16. The Labute approximate surface area is 196 Å². The van der Waals surface area contributed by atoms with E-state index in [0.717, 1.165) is 35.2 Å². The van der Waals surface area contributed by atoms with Gasteiger partial charge in [-0.2, -0.15) is 5.10 Å². The van der Waals surface area contributed by atoms with E-state index in [9.17, 15) is 9.59 Å². The van der Waals surface area contributed by atoms with Gasteiger partial charge in [0.25, 0.3) is 0 Å². The van der Waals surface area contributed by atoms with Gasteiger partial charge in [-0.05, 0) is 75.9 Å². The number of nitrogens with one attached hydrogen (secondary N) is 1. The highest BCUT2D eigenvalue weighted by molar-refractivity contribution is 7.16. The fraction of sp³-hybridized carbons (Fsp3) is 0.375. The number of aromatic nitrogens is 2. The second-order valence-corrected chi connectivity index (χ2v) is 9.67. The Morgan fingerprint density at radius 3 is 2.58 bits per heavy atom. The number of fused-ring (bicyclic) bond motifs is 3. The maximum Gasteiger partial charge on any atom is 0.412 e. The summed E-state index contributed by atoms with van der Waals surface area (Å²) in [5.74, 6) is 0.245. The molecule has 0 unspecified atom stereocenters. The Morgan fingerprint density at radius 2 is 1.91 bits per heavy atom. The third kappa shape index (κ3) is 4.88. The first-order valence-corrected chi connectivity index (χ1v) is 11.6. The Hall–Kier alpha value is -3.33. The van der Waals surface area contributed by atoms with Gasteiger partial charge in [-0.1, -0.05) is 11.3 Å². The van der Waals surface area contributed by atoms with E-state index < -0.39 is 11.7 Å². The smallest absolute Gasteiger partial charge is 0.412 e. The minimum Gasteiger partial charge on any atom is -0.462 e. The molecule has 0 fully saturated rings. The highest BCUT2D eigenvalue weighted by atomic mass is 32.1. The molecule has 4 rings (SSSR count). The van der Waals surface area contributed by atoms with Crippen molar-refractivity contribution >= 4 is 29.1 Å². The number of rotatable bonds is 5. The van der Waals surface area contributed by atoms with Crippen molar-refractivity contribution in [3.63, 3.8) is 0 Å².